The number of methoxy groups -OCH3 is 1. The molecule has 0 radical (unpaired) electrons. The van der Waals surface area contributed by atoms with E-state index in [1.54, 1.807) is 31.4 Å². The molecule has 3 aromatic rings. The van der Waals surface area contributed by atoms with Gasteiger partial charge in [0.2, 0.25) is 10.9 Å². The van der Waals surface area contributed by atoms with Gasteiger partial charge in [-0.15, -0.1) is 10.2 Å². The van der Waals surface area contributed by atoms with Gasteiger partial charge in [0.25, 0.3) is 5.91 Å². The van der Waals surface area contributed by atoms with E-state index in [2.05, 4.69) is 15.5 Å². The number of anilines is 1. The van der Waals surface area contributed by atoms with Gasteiger partial charge in [0, 0.05) is 29.7 Å². The molecule has 9 heteroatoms. The van der Waals surface area contributed by atoms with Gasteiger partial charge in [0.15, 0.2) is 0 Å². The molecule has 166 valence electrons. The van der Waals surface area contributed by atoms with Crippen LogP contribution in [0.1, 0.15) is 39.1 Å². The summed E-state index contributed by atoms with van der Waals surface area (Å²) in [6.07, 6.45) is 2.13. The molecule has 2 amide bonds. The molecule has 1 aliphatic rings. The second kappa shape index (κ2) is 10.1. The smallest absolute Gasteiger partial charge is 0.286 e. The van der Waals surface area contributed by atoms with E-state index >= 15 is 0 Å². The average Bonchev–Trinajstić information content (AvgIpc) is 3.31. The van der Waals surface area contributed by atoms with Gasteiger partial charge in [0.1, 0.15) is 10.8 Å². The molecular formula is C23H23ClN4O3S. The number of amides is 2. The maximum atomic E-state index is 12.9. The summed E-state index contributed by atoms with van der Waals surface area (Å²) in [4.78, 5) is 27.3. The number of ether oxygens (including phenoxy) is 1. The highest BCUT2D eigenvalue weighted by Crippen LogP contribution is 2.30. The Morgan fingerprint density at radius 2 is 2.03 bits per heavy atom. The Morgan fingerprint density at radius 3 is 2.81 bits per heavy atom. The normalized spacial score (nSPS) is 15.9. The van der Waals surface area contributed by atoms with E-state index in [9.17, 15) is 9.59 Å². The third kappa shape index (κ3) is 5.44. The zero-order chi connectivity index (χ0) is 22.5. The second-order valence-corrected chi connectivity index (χ2v) is 9.06. The summed E-state index contributed by atoms with van der Waals surface area (Å²) < 4.78 is 5.24. The molecule has 1 N–H and O–H groups in total. The fourth-order valence-corrected chi connectivity index (χ4v) is 4.67. The number of nitrogens with one attached hydrogen (secondary N) is 1. The Hall–Kier alpha value is -2.97. The molecule has 0 spiro atoms. The van der Waals surface area contributed by atoms with Crippen molar-refractivity contribution in [3.8, 4) is 5.75 Å². The predicted octanol–water partition coefficient (Wildman–Crippen LogP) is 4.40. The number of benzene rings is 2. The van der Waals surface area contributed by atoms with Gasteiger partial charge in [0.05, 0.1) is 13.5 Å². The van der Waals surface area contributed by atoms with E-state index in [1.807, 2.05) is 29.2 Å². The van der Waals surface area contributed by atoms with Gasteiger partial charge in [-0.05, 0) is 54.8 Å². The summed E-state index contributed by atoms with van der Waals surface area (Å²) in [5.74, 6) is 0.587. The van der Waals surface area contributed by atoms with E-state index in [0.717, 1.165) is 35.7 Å². The Balaban J connectivity index is 1.38. The predicted molar refractivity (Wildman–Crippen MR) is 125 cm³/mol. The minimum Gasteiger partial charge on any atom is -0.497 e. The van der Waals surface area contributed by atoms with E-state index in [-0.39, 0.29) is 17.7 Å². The van der Waals surface area contributed by atoms with Crippen molar-refractivity contribution >= 4 is 40.4 Å². The lowest BCUT2D eigenvalue weighted by atomic mass is 9.98. The summed E-state index contributed by atoms with van der Waals surface area (Å²) in [5.41, 5.74) is 1.57. The standard InChI is InChI=1S/C23H23ClN4O3S/c1-31-19-6-2-4-15(12-19)13-20(29)28-11-3-5-16(14-28)22-26-27-23(32-22)21(30)25-18-9-7-17(24)8-10-18/h2,4,6-10,12,16H,3,5,11,13-14H2,1H3,(H,25,30)/t16-/m1/s1. The maximum Gasteiger partial charge on any atom is 0.286 e. The Morgan fingerprint density at radius 1 is 1.22 bits per heavy atom. The summed E-state index contributed by atoms with van der Waals surface area (Å²) >= 11 is 7.16. The number of piperidine rings is 1. The number of hydrogen-bond acceptors (Lipinski definition) is 6. The van der Waals surface area contributed by atoms with Crippen molar-refractivity contribution in [2.45, 2.75) is 25.2 Å². The van der Waals surface area contributed by atoms with Crippen LogP contribution < -0.4 is 10.1 Å². The number of nitrogens with zero attached hydrogens (tertiary/aromatic N) is 3. The molecule has 32 heavy (non-hydrogen) atoms. The Bertz CT molecular complexity index is 1100. The van der Waals surface area contributed by atoms with Crippen LogP contribution >= 0.6 is 22.9 Å². The Kier molecular flexibility index (Phi) is 7.02. The lowest BCUT2D eigenvalue weighted by molar-refractivity contribution is -0.131. The lowest BCUT2D eigenvalue weighted by Crippen LogP contribution is -2.39. The third-order valence-electron chi connectivity index (χ3n) is 5.35. The first-order valence-electron chi connectivity index (χ1n) is 10.3. The van der Waals surface area contributed by atoms with Crippen LogP contribution in [-0.4, -0.2) is 47.1 Å². The minimum absolute atomic E-state index is 0.0765. The number of carbonyl (C=O) groups is 2. The average molecular weight is 471 g/mol. The van der Waals surface area contributed by atoms with E-state index in [0.29, 0.717) is 28.7 Å². The number of hydrogen-bond donors (Lipinski definition) is 1. The van der Waals surface area contributed by atoms with Crippen LogP contribution in [0.25, 0.3) is 0 Å². The van der Waals surface area contributed by atoms with Crippen LogP contribution in [0, 0.1) is 0 Å². The van der Waals surface area contributed by atoms with E-state index in [4.69, 9.17) is 16.3 Å². The molecule has 0 saturated carbocycles. The molecule has 1 saturated heterocycles. The monoisotopic (exact) mass is 470 g/mol. The summed E-state index contributed by atoms with van der Waals surface area (Å²) in [6, 6.07) is 14.4. The first-order chi connectivity index (χ1) is 15.5. The highest BCUT2D eigenvalue weighted by molar-refractivity contribution is 7.13. The molecule has 7 nitrogen and oxygen atoms in total. The van der Waals surface area contributed by atoms with Crippen LogP contribution in [0.15, 0.2) is 48.5 Å². The van der Waals surface area contributed by atoms with Crippen LogP contribution in [0.3, 0.4) is 0 Å². The molecule has 2 aromatic carbocycles. The van der Waals surface area contributed by atoms with Crippen LogP contribution in [-0.2, 0) is 11.2 Å². The van der Waals surface area contributed by atoms with Gasteiger partial charge in [-0.25, -0.2) is 0 Å². The third-order valence-corrected chi connectivity index (χ3v) is 6.69. The van der Waals surface area contributed by atoms with Gasteiger partial charge in [-0.1, -0.05) is 35.1 Å². The lowest BCUT2D eigenvalue weighted by Gasteiger charge is -2.31. The van der Waals surface area contributed by atoms with E-state index in [1.165, 1.54) is 11.3 Å². The van der Waals surface area contributed by atoms with Crippen molar-refractivity contribution in [1.82, 2.24) is 15.1 Å². The molecule has 2 heterocycles. The van der Waals surface area contributed by atoms with Crippen molar-refractivity contribution in [3.63, 3.8) is 0 Å². The van der Waals surface area contributed by atoms with Gasteiger partial charge < -0.3 is 15.0 Å². The largest absolute Gasteiger partial charge is 0.497 e. The van der Waals surface area contributed by atoms with Crippen molar-refractivity contribution in [1.29, 1.82) is 0 Å². The zero-order valence-electron chi connectivity index (χ0n) is 17.6. The molecule has 0 aliphatic carbocycles. The number of halogens is 1. The number of rotatable bonds is 6. The zero-order valence-corrected chi connectivity index (χ0v) is 19.2. The molecule has 1 aromatic heterocycles. The first-order valence-corrected chi connectivity index (χ1v) is 11.5. The fraction of sp³-hybridized carbons (Fsp3) is 0.304. The van der Waals surface area contributed by atoms with Crippen LogP contribution in [0.5, 0.6) is 5.75 Å². The molecule has 0 bridgehead atoms. The van der Waals surface area contributed by atoms with Crippen LogP contribution in [0.4, 0.5) is 5.69 Å². The van der Waals surface area contributed by atoms with Crippen LogP contribution in [0.2, 0.25) is 5.02 Å². The van der Waals surface area contributed by atoms with Crippen molar-refractivity contribution in [3.05, 3.63) is 69.1 Å². The molecule has 0 unspecified atom stereocenters. The molecule has 1 fully saturated rings. The molecular weight excluding hydrogens is 448 g/mol. The number of carbonyl (C=O) groups excluding carboxylic acids is 2. The molecule has 1 aliphatic heterocycles. The molecule has 4 rings (SSSR count). The second-order valence-electron chi connectivity index (χ2n) is 7.61. The van der Waals surface area contributed by atoms with Crippen molar-refractivity contribution in [2.75, 3.05) is 25.5 Å². The fourth-order valence-electron chi connectivity index (χ4n) is 3.68. The quantitative estimate of drug-likeness (QED) is 0.577. The minimum atomic E-state index is -0.308. The summed E-state index contributed by atoms with van der Waals surface area (Å²) in [6.45, 7) is 1.30. The highest BCUT2D eigenvalue weighted by Gasteiger charge is 2.28. The van der Waals surface area contributed by atoms with E-state index < -0.39 is 0 Å². The topological polar surface area (TPSA) is 84.4 Å². The van der Waals surface area contributed by atoms with Gasteiger partial charge >= 0.3 is 0 Å². The SMILES string of the molecule is COc1cccc(CC(=O)N2CCC[C@@H](c3nnc(C(=O)Nc4ccc(Cl)cc4)s3)C2)c1. The highest BCUT2D eigenvalue weighted by atomic mass is 35.5. The van der Waals surface area contributed by atoms with Crippen molar-refractivity contribution < 1.29 is 14.3 Å². The summed E-state index contributed by atoms with van der Waals surface area (Å²) in [5, 5.41) is 12.8. The Labute approximate surface area is 195 Å². The summed E-state index contributed by atoms with van der Waals surface area (Å²) in [7, 11) is 1.61. The molecule has 1 atom stereocenters. The first kappa shape index (κ1) is 22.2. The van der Waals surface area contributed by atoms with Crippen molar-refractivity contribution in [2.24, 2.45) is 0 Å². The number of aromatic nitrogens is 2. The van der Waals surface area contributed by atoms with Gasteiger partial charge in [-0.3, -0.25) is 9.59 Å². The van der Waals surface area contributed by atoms with Gasteiger partial charge in [-0.2, -0.15) is 0 Å². The maximum absolute atomic E-state index is 12.9. The number of likely N-dealkylation sites (tertiary alicyclic amines) is 1.